The van der Waals surface area contributed by atoms with Crippen LogP contribution in [0.3, 0.4) is 0 Å². The molecule has 78 valence electrons. The lowest BCUT2D eigenvalue weighted by molar-refractivity contribution is 0.345. The first kappa shape index (κ1) is 11.2. The van der Waals surface area contributed by atoms with E-state index in [-0.39, 0.29) is 0 Å². The molecule has 14 heavy (non-hydrogen) atoms. The molecular formula is C12H20N2. The first-order valence-electron chi connectivity index (χ1n) is 5.17. The Morgan fingerprint density at radius 2 is 1.86 bits per heavy atom. The van der Waals surface area contributed by atoms with Gasteiger partial charge in [0.25, 0.3) is 0 Å². The molecular weight excluding hydrogens is 172 g/mol. The first-order chi connectivity index (χ1) is 6.74. The third-order valence-electron chi connectivity index (χ3n) is 2.20. The molecule has 1 aromatic carbocycles. The summed E-state index contributed by atoms with van der Waals surface area (Å²) >= 11 is 0. The van der Waals surface area contributed by atoms with E-state index in [4.69, 9.17) is 0 Å². The van der Waals surface area contributed by atoms with Crippen LogP contribution in [0.15, 0.2) is 30.3 Å². The molecule has 0 heterocycles. The van der Waals surface area contributed by atoms with Gasteiger partial charge in [-0.3, -0.25) is 0 Å². The average Bonchev–Trinajstić information content (AvgIpc) is 2.18. The average molecular weight is 192 g/mol. The predicted molar refractivity (Wildman–Crippen MR) is 61.4 cm³/mol. The van der Waals surface area contributed by atoms with E-state index < -0.39 is 0 Å². The standard InChI is InChI=1S/C12H20N2/c1-4-13-12(10-14(2)3)11-8-6-5-7-9-11/h5-9,12-13H,4,10H2,1-3H3/t12-/m0/s1. The van der Waals surface area contributed by atoms with Gasteiger partial charge in [0.1, 0.15) is 0 Å². The van der Waals surface area contributed by atoms with Crippen molar-refractivity contribution in [2.24, 2.45) is 0 Å². The molecule has 0 saturated heterocycles. The fourth-order valence-electron chi connectivity index (χ4n) is 1.58. The second kappa shape index (κ2) is 5.78. The molecule has 0 amide bonds. The zero-order valence-electron chi connectivity index (χ0n) is 9.33. The normalized spacial score (nSPS) is 13.1. The summed E-state index contributed by atoms with van der Waals surface area (Å²) in [6.45, 7) is 4.19. The molecule has 2 nitrogen and oxygen atoms in total. The molecule has 0 fully saturated rings. The molecule has 0 aliphatic rings. The summed E-state index contributed by atoms with van der Waals surface area (Å²) in [7, 11) is 4.21. The minimum Gasteiger partial charge on any atom is -0.309 e. The predicted octanol–water partition coefficient (Wildman–Crippen LogP) is 1.90. The van der Waals surface area contributed by atoms with E-state index in [0.29, 0.717) is 6.04 Å². The van der Waals surface area contributed by atoms with E-state index in [2.05, 4.69) is 61.6 Å². The van der Waals surface area contributed by atoms with Gasteiger partial charge in [0.05, 0.1) is 0 Å². The number of nitrogens with zero attached hydrogens (tertiary/aromatic N) is 1. The molecule has 0 spiro atoms. The minimum absolute atomic E-state index is 0.441. The van der Waals surface area contributed by atoms with Crippen molar-refractivity contribution < 1.29 is 0 Å². The molecule has 1 atom stereocenters. The molecule has 1 aromatic rings. The van der Waals surface area contributed by atoms with E-state index in [1.807, 2.05) is 0 Å². The summed E-state index contributed by atoms with van der Waals surface area (Å²) < 4.78 is 0. The smallest absolute Gasteiger partial charge is 0.0448 e. The van der Waals surface area contributed by atoms with Crippen LogP contribution in [0, 0.1) is 0 Å². The van der Waals surface area contributed by atoms with E-state index in [1.54, 1.807) is 0 Å². The van der Waals surface area contributed by atoms with E-state index in [0.717, 1.165) is 13.1 Å². The van der Waals surface area contributed by atoms with Gasteiger partial charge in [0, 0.05) is 12.6 Å². The summed E-state index contributed by atoms with van der Waals surface area (Å²) in [5, 5.41) is 3.49. The fraction of sp³-hybridized carbons (Fsp3) is 0.500. The second-order valence-corrected chi connectivity index (χ2v) is 3.78. The zero-order valence-corrected chi connectivity index (χ0v) is 9.33. The van der Waals surface area contributed by atoms with E-state index in [9.17, 15) is 0 Å². The van der Waals surface area contributed by atoms with Gasteiger partial charge < -0.3 is 10.2 Å². The maximum Gasteiger partial charge on any atom is 0.0448 e. The van der Waals surface area contributed by atoms with Crippen LogP contribution in [0.4, 0.5) is 0 Å². The Morgan fingerprint density at radius 3 is 2.36 bits per heavy atom. The highest BCUT2D eigenvalue weighted by Gasteiger charge is 2.09. The topological polar surface area (TPSA) is 15.3 Å². The van der Waals surface area contributed by atoms with Gasteiger partial charge in [-0.2, -0.15) is 0 Å². The van der Waals surface area contributed by atoms with Crippen LogP contribution < -0.4 is 5.32 Å². The maximum absolute atomic E-state index is 3.49. The van der Waals surface area contributed by atoms with Gasteiger partial charge in [0.15, 0.2) is 0 Å². The number of rotatable bonds is 5. The van der Waals surface area contributed by atoms with E-state index >= 15 is 0 Å². The Labute approximate surface area is 86.9 Å². The van der Waals surface area contributed by atoms with Gasteiger partial charge in [-0.1, -0.05) is 37.3 Å². The van der Waals surface area contributed by atoms with Crippen LogP contribution in [-0.4, -0.2) is 32.1 Å². The summed E-state index contributed by atoms with van der Waals surface area (Å²) in [6, 6.07) is 11.0. The molecule has 0 aromatic heterocycles. The molecule has 0 unspecified atom stereocenters. The highest BCUT2D eigenvalue weighted by molar-refractivity contribution is 5.19. The Balaban J connectivity index is 2.67. The summed E-state index contributed by atoms with van der Waals surface area (Å²) in [4.78, 5) is 2.21. The number of likely N-dealkylation sites (N-methyl/N-ethyl adjacent to an activating group) is 2. The van der Waals surface area contributed by atoms with Crippen LogP contribution in [0.5, 0.6) is 0 Å². The molecule has 1 N–H and O–H groups in total. The van der Waals surface area contributed by atoms with Crippen molar-refractivity contribution >= 4 is 0 Å². The fourth-order valence-corrected chi connectivity index (χ4v) is 1.58. The summed E-state index contributed by atoms with van der Waals surface area (Å²) in [6.07, 6.45) is 0. The van der Waals surface area contributed by atoms with Gasteiger partial charge in [-0.25, -0.2) is 0 Å². The Kier molecular flexibility index (Phi) is 4.63. The van der Waals surface area contributed by atoms with Crippen molar-refractivity contribution in [3.63, 3.8) is 0 Å². The Morgan fingerprint density at radius 1 is 1.21 bits per heavy atom. The van der Waals surface area contributed by atoms with Crippen molar-refractivity contribution in [3.8, 4) is 0 Å². The number of benzene rings is 1. The second-order valence-electron chi connectivity index (χ2n) is 3.78. The lowest BCUT2D eigenvalue weighted by atomic mass is 10.1. The van der Waals surface area contributed by atoms with Crippen LogP contribution in [0.25, 0.3) is 0 Å². The maximum atomic E-state index is 3.49. The third kappa shape index (κ3) is 3.48. The van der Waals surface area contributed by atoms with Crippen LogP contribution >= 0.6 is 0 Å². The van der Waals surface area contributed by atoms with Crippen molar-refractivity contribution in [1.82, 2.24) is 10.2 Å². The van der Waals surface area contributed by atoms with Gasteiger partial charge in [-0.05, 0) is 26.2 Å². The quantitative estimate of drug-likeness (QED) is 0.766. The van der Waals surface area contributed by atoms with Gasteiger partial charge in [-0.15, -0.1) is 0 Å². The number of hydrogen-bond acceptors (Lipinski definition) is 2. The minimum atomic E-state index is 0.441. The summed E-state index contributed by atoms with van der Waals surface area (Å²) in [5.74, 6) is 0. The highest BCUT2D eigenvalue weighted by atomic mass is 15.1. The summed E-state index contributed by atoms with van der Waals surface area (Å²) in [5.41, 5.74) is 1.36. The van der Waals surface area contributed by atoms with Crippen LogP contribution in [-0.2, 0) is 0 Å². The highest BCUT2D eigenvalue weighted by Crippen LogP contribution is 2.12. The zero-order chi connectivity index (χ0) is 10.4. The largest absolute Gasteiger partial charge is 0.309 e. The Hall–Kier alpha value is -0.860. The molecule has 2 heteroatoms. The first-order valence-corrected chi connectivity index (χ1v) is 5.17. The molecule has 0 aliphatic carbocycles. The number of hydrogen-bond donors (Lipinski definition) is 1. The van der Waals surface area contributed by atoms with Crippen molar-refractivity contribution in [2.75, 3.05) is 27.2 Å². The number of nitrogens with one attached hydrogen (secondary N) is 1. The van der Waals surface area contributed by atoms with Crippen molar-refractivity contribution in [3.05, 3.63) is 35.9 Å². The SMILES string of the molecule is CCN[C@@H](CN(C)C)c1ccccc1. The Bertz CT molecular complexity index is 244. The molecule has 1 rings (SSSR count). The van der Waals surface area contributed by atoms with E-state index in [1.165, 1.54) is 5.56 Å². The van der Waals surface area contributed by atoms with Crippen LogP contribution in [0.2, 0.25) is 0 Å². The molecule has 0 bridgehead atoms. The van der Waals surface area contributed by atoms with Gasteiger partial charge in [0.2, 0.25) is 0 Å². The molecule has 0 saturated carbocycles. The molecule has 0 radical (unpaired) electrons. The van der Waals surface area contributed by atoms with Gasteiger partial charge >= 0.3 is 0 Å². The van der Waals surface area contributed by atoms with Crippen LogP contribution in [0.1, 0.15) is 18.5 Å². The van der Waals surface area contributed by atoms with Crippen molar-refractivity contribution in [2.45, 2.75) is 13.0 Å². The lowest BCUT2D eigenvalue weighted by Crippen LogP contribution is -2.30. The molecule has 0 aliphatic heterocycles. The monoisotopic (exact) mass is 192 g/mol. The third-order valence-corrected chi connectivity index (χ3v) is 2.20. The van der Waals surface area contributed by atoms with Crippen molar-refractivity contribution in [1.29, 1.82) is 0 Å². The lowest BCUT2D eigenvalue weighted by Gasteiger charge is -2.22.